The predicted octanol–water partition coefficient (Wildman–Crippen LogP) is 9.88. The molecule has 0 fully saturated rings. The molecule has 8 heteroatoms. The molecule has 0 heterocycles. The van der Waals surface area contributed by atoms with Gasteiger partial charge >= 0.3 is 23.9 Å². The Morgan fingerprint density at radius 3 is 1.02 bits per heavy atom. The number of carbonyl (C=O) groups is 4. The molecule has 0 radical (unpaired) electrons. The van der Waals surface area contributed by atoms with Gasteiger partial charge in [-0.3, -0.25) is 19.2 Å². The van der Waals surface area contributed by atoms with Crippen molar-refractivity contribution in [1.29, 1.82) is 0 Å². The van der Waals surface area contributed by atoms with Crippen LogP contribution in [0.15, 0.2) is 36.4 Å². The Kier molecular flexibility index (Phi) is 11.9. The molecule has 264 valence electrons. The van der Waals surface area contributed by atoms with Gasteiger partial charge in [0.2, 0.25) is 0 Å². The summed E-state index contributed by atoms with van der Waals surface area (Å²) in [5.41, 5.74) is 1.63. The minimum absolute atomic E-state index is 0.218. The highest BCUT2D eigenvalue weighted by Crippen LogP contribution is 2.48. The van der Waals surface area contributed by atoms with Gasteiger partial charge in [0.1, 0.15) is 23.0 Å². The van der Waals surface area contributed by atoms with E-state index in [2.05, 4.69) is 0 Å². The molecule has 0 saturated carbocycles. The molecule has 4 aromatic carbocycles. The van der Waals surface area contributed by atoms with Gasteiger partial charge in [-0.25, -0.2) is 0 Å². The van der Waals surface area contributed by atoms with E-state index < -0.39 is 23.9 Å². The highest BCUT2D eigenvalue weighted by molar-refractivity contribution is 6.02. The Bertz CT molecular complexity index is 2010. The van der Waals surface area contributed by atoms with Crippen LogP contribution < -0.4 is 18.9 Å². The first-order valence-electron chi connectivity index (χ1n) is 18.2. The van der Waals surface area contributed by atoms with Crippen molar-refractivity contribution in [2.45, 2.75) is 119 Å². The van der Waals surface area contributed by atoms with Crippen LogP contribution >= 0.6 is 0 Å². The third-order valence-electron chi connectivity index (χ3n) is 9.20. The van der Waals surface area contributed by atoms with Crippen LogP contribution in [0.1, 0.15) is 116 Å². The molecule has 0 amide bonds. The van der Waals surface area contributed by atoms with Crippen molar-refractivity contribution in [3.05, 3.63) is 68.4 Å². The predicted molar refractivity (Wildman–Crippen MR) is 193 cm³/mol. The minimum Gasteiger partial charge on any atom is -0.425 e. The Balaban J connectivity index is 2.01. The van der Waals surface area contributed by atoms with Crippen LogP contribution in [0.25, 0.3) is 21.5 Å². The van der Waals surface area contributed by atoms with Gasteiger partial charge in [-0.1, -0.05) is 89.8 Å². The van der Waals surface area contributed by atoms with Crippen LogP contribution in [0.2, 0.25) is 0 Å². The lowest BCUT2D eigenvalue weighted by molar-refractivity contribution is -0.135. The molecular weight excluding hydrogens is 632 g/mol. The van der Waals surface area contributed by atoms with E-state index in [0.717, 1.165) is 36.8 Å². The summed E-state index contributed by atoms with van der Waals surface area (Å²) in [5, 5.41) is 4.35. The quantitative estimate of drug-likeness (QED) is 0.0749. The van der Waals surface area contributed by atoms with Crippen LogP contribution in [0, 0.1) is 34.7 Å². The lowest BCUT2D eigenvalue weighted by Gasteiger charge is -2.23. The van der Waals surface area contributed by atoms with E-state index >= 15 is 0 Å². The van der Waals surface area contributed by atoms with E-state index in [1.165, 1.54) is 0 Å². The van der Waals surface area contributed by atoms with Gasteiger partial charge in [0.05, 0.1) is 0 Å². The summed E-state index contributed by atoms with van der Waals surface area (Å²) in [7, 11) is 0. The molecule has 0 spiro atoms. The topological polar surface area (TPSA) is 105 Å². The highest BCUT2D eigenvalue weighted by Gasteiger charge is 2.30. The molecule has 50 heavy (non-hydrogen) atoms. The van der Waals surface area contributed by atoms with Gasteiger partial charge in [0.15, 0.2) is 0 Å². The number of esters is 4. The molecule has 1 aliphatic rings. The van der Waals surface area contributed by atoms with Crippen molar-refractivity contribution in [3.8, 4) is 23.0 Å². The van der Waals surface area contributed by atoms with Crippen molar-refractivity contribution < 1.29 is 38.1 Å². The number of benzene rings is 4. The van der Waals surface area contributed by atoms with Crippen LogP contribution in [-0.2, 0) is 19.2 Å². The summed E-state index contributed by atoms with van der Waals surface area (Å²) < 4.78 is 25.0. The van der Waals surface area contributed by atoms with Gasteiger partial charge in [-0.05, 0) is 50.7 Å². The number of fused-ring (bicyclic) bond motifs is 4. The fraction of sp³-hybridized carbons (Fsp3) is 0.429. The summed E-state index contributed by atoms with van der Waals surface area (Å²) in [6, 6.07) is 11.2. The van der Waals surface area contributed by atoms with Crippen LogP contribution in [0.5, 0.6) is 23.0 Å². The molecule has 0 bridgehead atoms. The number of rotatable bonds is 16. The fourth-order valence-electron chi connectivity index (χ4n) is 6.54. The van der Waals surface area contributed by atoms with Crippen molar-refractivity contribution in [1.82, 2.24) is 0 Å². The lowest BCUT2D eigenvalue weighted by atomic mass is 9.89. The Labute approximate surface area is 293 Å². The van der Waals surface area contributed by atoms with Crippen LogP contribution in [-0.4, -0.2) is 23.9 Å². The maximum atomic E-state index is 13.4. The third-order valence-corrected chi connectivity index (χ3v) is 9.20. The standard InChI is InChI=1S/C42H48O8/c1-7-11-21-29(43)47-39-27-19-15-17-25(5)33(27)41(49-31(45)23-13-9-3)37-35(39)36-38(37)42(50-32(46)24-14-10-4)34-26(6)18-16-20-28(34)40(36)48-30(44)22-12-8-2/h15-20H,7-14,21-24H2,1-6H3. The summed E-state index contributed by atoms with van der Waals surface area (Å²) in [4.78, 5) is 53.5. The molecule has 0 unspecified atom stereocenters. The average Bonchev–Trinajstić information content (AvgIpc) is 3.08. The van der Waals surface area contributed by atoms with E-state index in [-0.39, 0.29) is 25.7 Å². The second-order valence-corrected chi connectivity index (χ2v) is 13.1. The summed E-state index contributed by atoms with van der Waals surface area (Å²) in [6.07, 6.45) is 6.77. The number of carbonyl (C=O) groups excluding carboxylic acids is 4. The fourth-order valence-corrected chi connectivity index (χ4v) is 6.54. The number of hydrogen-bond acceptors (Lipinski definition) is 8. The molecular formula is C42H48O8. The first-order valence-corrected chi connectivity index (χ1v) is 18.2. The number of aryl methyl sites for hydroxylation is 2. The molecule has 0 aliphatic heterocycles. The molecule has 0 saturated heterocycles. The largest absolute Gasteiger partial charge is 0.425 e. The second-order valence-electron chi connectivity index (χ2n) is 13.1. The zero-order valence-corrected chi connectivity index (χ0v) is 30.2. The van der Waals surface area contributed by atoms with Gasteiger partial charge in [0, 0.05) is 68.1 Å². The van der Waals surface area contributed by atoms with Gasteiger partial charge < -0.3 is 18.9 Å². The SMILES string of the molecule is CCCCC(=O)Oc1c2c(c(OC(=O)CCCC)c3c(C)cccc13)=c1c(OC(=O)CCCC)c3c(C)cccc3c(OC(=O)CCCC)c1=2. The third kappa shape index (κ3) is 7.25. The molecule has 0 aromatic heterocycles. The number of unbranched alkanes of at least 4 members (excludes halogenated alkanes) is 4. The summed E-state index contributed by atoms with van der Waals surface area (Å²) in [6.45, 7) is 11.9. The van der Waals surface area contributed by atoms with Crippen molar-refractivity contribution in [2.75, 3.05) is 0 Å². The van der Waals surface area contributed by atoms with E-state index in [1.54, 1.807) is 0 Å². The first-order chi connectivity index (χ1) is 24.2. The summed E-state index contributed by atoms with van der Waals surface area (Å²) >= 11 is 0. The zero-order valence-electron chi connectivity index (χ0n) is 30.2. The van der Waals surface area contributed by atoms with Crippen molar-refractivity contribution in [3.63, 3.8) is 0 Å². The normalized spacial score (nSPS) is 11.5. The van der Waals surface area contributed by atoms with Crippen molar-refractivity contribution in [2.24, 2.45) is 0 Å². The Morgan fingerprint density at radius 1 is 0.440 bits per heavy atom. The maximum absolute atomic E-state index is 13.4. The van der Waals surface area contributed by atoms with Gasteiger partial charge in [0.25, 0.3) is 0 Å². The molecule has 1 aliphatic carbocycles. The highest BCUT2D eigenvalue weighted by atomic mass is 16.6. The van der Waals surface area contributed by atoms with E-state index in [4.69, 9.17) is 18.9 Å². The Hall–Kier alpha value is -4.72. The van der Waals surface area contributed by atoms with Gasteiger partial charge in [-0.15, -0.1) is 0 Å². The maximum Gasteiger partial charge on any atom is 0.311 e. The molecule has 0 atom stereocenters. The van der Waals surface area contributed by atoms with Crippen LogP contribution in [0.4, 0.5) is 0 Å². The first kappa shape index (κ1) is 36.6. The van der Waals surface area contributed by atoms with Crippen molar-refractivity contribution >= 4 is 45.4 Å². The molecule has 4 aromatic rings. The zero-order chi connectivity index (χ0) is 35.9. The van der Waals surface area contributed by atoms with E-state index in [9.17, 15) is 19.2 Å². The number of ether oxygens (including phenoxy) is 4. The monoisotopic (exact) mass is 680 g/mol. The Morgan fingerprint density at radius 2 is 0.720 bits per heavy atom. The van der Waals surface area contributed by atoms with Crippen LogP contribution in [0.3, 0.4) is 0 Å². The average molecular weight is 681 g/mol. The minimum atomic E-state index is -0.401. The van der Waals surface area contributed by atoms with Gasteiger partial charge in [-0.2, -0.15) is 0 Å². The lowest BCUT2D eigenvalue weighted by Crippen LogP contribution is -2.16. The van der Waals surface area contributed by atoms with E-state index in [1.807, 2.05) is 77.9 Å². The summed E-state index contributed by atoms with van der Waals surface area (Å²) in [5.74, 6) is -0.406. The molecule has 8 nitrogen and oxygen atoms in total. The molecule has 0 N–H and O–H groups in total. The van der Waals surface area contributed by atoms with E-state index in [0.29, 0.717) is 91.1 Å². The number of hydrogen-bond donors (Lipinski definition) is 0. The molecule has 5 rings (SSSR count). The smallest absolute Gasteiger partial charge is 0.311 e. The second kappa shape index (κ2) is 16.3.